The minimum Gasteiger partial charge on any atom is -1.00 e. The van der Waals surface area contributed by atoms with Crippen LogP contribution in [-0.2, 0) is 9.59 Å². The zero-order valence-corrected chi connectivity index (χ0v) is 38.6. The van der Waals surface area contributed by atoms with Gasteiger partial charge in [0.2, 0.25) is 11.8 Å². The maximum Gasteiger partial charge on any atom is 1.00 e. The summed E-state index contributed by atoms with van der Waals surface area (Å²) in [5.41, 5.74) is 17.6. The number of nitrogens with two attached hydrogens (primary N) is 2. The smallest absolute Gasteiger partial charge is 1.00 e. The van der Waals surface area contributed by atoms with Crippen molar-refractivity contribution in [1.29, 1.82) is 0 Å². The fourth-order valence-electron chi connectivity index (χ4n) is 9.31. The summed E-state index contributed by atoms with van der Waals surface area (Å²) in [6.45, 7) is 8.02. The summed E-state index contributed by atoms with van der Waals surface area (Å²) in [6.07, 6.45) is 13.9. The van der Waals surface area contributed by atoms with Gasteiger partial charge in [0.05, 0.1) is 11.8 Å². The van der Waals surface area contributed by atoms with Gasteiger partial charge in [-0.25, -0.2) is 15.0 Å². The summed E-state index contributed by atoms with van der Waals surface area (Å²) in [5.74, 6) is 2.38. The molecule has 16 heteroatoms. The van der Waals surface area contributed by atoms with E-state index in [-0.39, 0.29) is 58.3 Å². The first-order valence-electron chi connectivity index (χ1n) is 21.2. The normalized spacial score (nSPS) is 23.0. The largest absolute Gasteiger partial charge is 1.00 e. The third kappa shape index (κ3) is 11.4. The average molecular weight is 854 g/mol. The Hall–Kier alpha value is -4.73. The SMILES string of the molecule is CC1(C)Oc2ncnc(N)c2N=C1c1ccc(C2CCC(CCC(=O)O)CC2)cc1.CC1(C)Oc2ncnc(N)c2NC1c1ccc(C2CCC(CCC(=O)O)CC2)cc1.[B].[H-].[Na+]. The number of aromatic nitrogens is 4. The molecule has 3 radical (unpaired) electrons. The molecule has 2 aromatic carbocycles. The summed E-state index contributed by atoms with van der Waals surface area (Å²) >= 11 is 0. The Balaban J connectivity index is 0.000000264. The second-order valence-electron chi connectivity index (χ2n) is 17.8. The van der Waals surface area contributed by atoms with Crippen molar-refractivity contribution < 1.29 is 60.3 Å². The second kappa shape index (κ2) is 20.6. The average Bonchev–Trinajstić information content (AvgIpc) is 3.22. The molecule has 2 aliphatic carbocycles. The number of nitrogens with zero attached hydrogens (tertiary/aromatic N) is 5. The van der Waals surface area contributed by atoms with Crippen LogP contribution < -0.4 is 55.8 Å². The maximum atomic E-state index is 10.8. The molecule has 4 aliphatic rings. The van der Waals surface area contributed by atoms with Gasteiger partial charge >= 0.3 is 41.5 Å². The number of benzene rings is 2. The molecule has 62 heavy (non-hydrogen) atoms. The van der Waals surface area contributed by atoms with Gasteiger partial charge in [-0.2, -0.15) is 9.97 Å². The number of hydrogen-bond acceptors (Lipinski definition) is 12. The predicted octanol–water partition coefficient (Wildman–Crippen LogP) is 5.75. The van der Waals surface area contributed by atoms with Gasteiger partial charge in [0.25, 0.3) is 0 Å². The Kier molecular flexibility index (Phi) is 16.1. The van der Waals surface area contributed by atoms with Crippen molar-refractivity contribution in [3.05, 3.63) is 83.4 Å². The number of ether oxygens (including phenoxy) is 2. The van der Waals surface area contributed by atoms with E-state index in [1.807, 2.05) is 27.7 Å². The number of nitrogens with one attached hydrogen (secondary N) is 1. The van der Waals surface area contributed by atoms with Gasteiger partial charge in [-0.15, -0.1) is 0 Å². The molecule has 8 rings (SSSR count). The zero-order chi connectivity index (χ0) is 42.6. The first kappa shape index (κ1) is 48.3. The van der Waals surface area contributed by atoms with Crippen LogP contribution in [0.3, 0.4) is 0 Å². The Bertz CT molecular complexity index is 2200. The molecule has 4 aromatic rings. The van der Waals surface area contributed by atoms with E-state index in [9.17, 15) is 9.59 Å². The third-order valence-electron chi connectivity index (χ3n) is 12.8. The molecule has 323 valence electrons. The Labute approximate surface area is 389 Å². The van der Waals surface area contributed by atoms with Crippen molar-refractivity contribution in [2.45, 2.75) is 134 Å². The maximum absolute atomic E-state index is 10.8. The first-order chi connectivity index (χ1) is 28.7. The molecule has 0 saturated heterocycles. The van der Waals surface area contributed by atoms with Gasteiger partial charge in [-0.3, -0.25) is 9.59 Å². The topological polar surface area (TPSA) is 221 Å². The van der Waals surface area contributed by atoms with Crippen molar-refractivity contribution in [1.82, 2.24) is 19.9 Å². The summed E-state index contributed by atoms with van der Waals surface area (Å²) in [6, 6.07) is 17.2. The summed E-state index contributed by atoms with van der Waals surface area (Å²) < 4.78 is 12.2. The monoisotopic (exact) mass is 853 g/mol. The van der Waals surface area contributed by atoms with E-state index in [4.69, 9.17) is 36.1 Å². The number of rotatable bonds is 10. The molecule has 1 unspecified atom stereocenters. The number of carboxylic acids is 2. The molecule has 1 atom stereocenters. The molecule has 2 fully saturated rings. The van der Waals surface area contributed by atoms with Crippen LogP contribution in [0, 0.1) is 11.8 Å². The Morgan fingerprint density at radius 1 is 0.694 bits per heavy atom. The van der Waals surface area contributed by atoms with E-state index < -0.39 is 23.1 Å². The van der Waals surface area contributed by atoms with Crippen LogP contribution >= 0.6 is 0 Å². The van der Waals surface area contributed by atoms with E-state index in [1.165, 1.54) is 23.8 Å². The van der Waals surface area contributed by atoms with Gasteiger partial charge in [0, 0.05) is 26.8 Å². The fraction of sp³-hybridized carbons (Fsp3) is 0.500. The Morgan fingerprint density at radius 2 is 1.16 bits per heavy atom. The van der Waals surface area contributed by atoms with Gasteiger partial charge in [0.1, 0.15) is 29.5 Å². The van der Waals surface area contributed by atoms with E-state index in [2.05, 4.69) is 73.8 Å². The number of aliphatic carboxylic acids is 2. The van der Waals surface area contributed by atoms with E-state index >= 15 is 0 Å². The van der Waals surface area contributed by atoms with Crippen molar-refractivity contribution in [3.63, 3.8) is 0 Å². The second-order valence-corrected chi connectivity index (χ2v) is 17.8. The summed E-state index contributed by atoms with van der Waals surface area (Å²) in [7, 11) is 0. The molecule has 0 spiro atoms. The van der Waals surface area contributed by atoms with E-state index in [0.717, 1.165) is 81.0 Å². The third-order valence-corrected chi connectivity index (χ3v) is 12.8. The number of aliphatic imine (C=N–C) groups is 1. The number of nitrogen functional groups attached to an aromatic ring is 2. The van der Waals surface area contributed by atoms with Crippen LogP contribution in [0.1, 0.15) is 146 Å². The number of anilines is 3. The van der Waals surface area contributed by atoms with Crippen LogP contribution in [0.4, 0.5) is 23.0 Å². The van der Waals surface area contributed by atoms with Crippen molar-refractivity contribution >= 4 is 49.1 Å². The van der Waals surface area contributed by atoms with E-state index in [0.29, 0.717) is 58.4 Å². The number of hydrogen-bond donors (Lipinski definition) is 5. The molecule has 0 bridgehead atoms. The van der Waals surface area contributed by atoms with Crippen LogP contribution in [0.15, 0.2) is 66.2 Å². The molecular weight excluding hydrogens is 794 g/mol. The van der Waals surface area contributed by atoms with Crippen molar-refractivity contribution in [2.24, 2.45) is 16.8 Å². The van der Waals surface area contributed by atoms with Crippen LogP contribution in [0.2, 0.25) is 0 Å². The van der Waals surface area contributed by atoms with Gasteiger partial charge in [0.15, 0.2) is 17.3 Å². The Morgan fingerprint density at radius 3 is 1.68 bits per heavy atom. The standard InChI is InChI=1S/C23H30N4O3.C23H28N4O3.B.Na.H/c2*1-23(2)20(27-19-21(24)25-13-26-22(19)30-23)17-10-8-16(9-11-17)15-6-3-14(4-7-15)5-12-18(28)29;;;/h8-11,13-15,20,27H,3-7,12H2,1-2H3,(H,28,29)(H2,24,25,26);8-11,13-15H,3-7,12H2,1-2H3,(H,28,29)(H2,24,25,26);;;/q;;;+1;-1. The molecule has 2 aliphatic heterocycles. The predicted molar refractivity (Wildman–Crippen MR) is 238 cm³/mol. The summed E-state index contributed by atoms with van der Waals surface area (Å²) in [4.78, 5) is 42.8. The van der Waals surface area contributed by atoms with Crippen LogP contribution in [0.5, 0.6) is 11.8 Å². The zero-order valence-electron chi connectivity index (χ0n) is 37.6. The molecule has 4 heterocycles. The van der Waals surface area contributed by atoms with Crippen LogP contribution in [0.25, 0.3) is 0 Å². The quantitative estimate of drug-likeness (QED) is 0.120. The van der Waals surface area contributed by atoms with E-state index in [1.54, 1.807) is 0 Å². The summed E-state index contributed by atoms with van der Waals surface area (Å²) in [5, 5.41) is 21.2. The molecule has 2 aromatic heterocycles. The fourth-order valence-corrected chi connectivity index (χ4v) is 9.31. The minimum atomic E-state index is -0.693. The van der Waals surface area contributed by atoms with Crippen molar-refractivity contribution in [3.8, 4) is 11.8 Å². The number of fused-ring (bicyclic) bond motifs is 2. The van der Waals surface area contributed by atoms with Gasteiger partial charge in [-0.1, -0.05) is 48.5 Å². The molecular formula is C46H59BN8NaO6. The number of carbonyl (C=O) groups is 2. The van der Waals surface area contributed by atoms with Crippen LogP contribution in [-0.4, -0.2) is 67.4 Å². The molecule has 0 amide bonds. The number of carboxylic acid groups (broad SMARTS) is 2. The van der Waals surface area contributed by atoms with Gasteiger partial charge < -0.3 is 37.9 Å². The minimum absolute atomic E-state index is 0. The van der Waals surface area contributed by atoms with Crippen molar-refractivity contribution in [2.75, 3.05) is 16.8 Å². The molecule has 14 nitrogen and oxygen atoms in total. The molecule has 7 N–H and O–H groups in total. The molecule has 2 saturated carbocycles. The first-order valence-corrected chi connectivity index (χ1v) is 21.2. The van der Waals surface area contributed by atoms with Gasteiger partial charge in [-0.05, 0) is 132 Å².